The number of esters is 1. The number of ether oxygens (including phenoxy) is 3. The maximum absolute atomic E-state index is 12.7. The summed E-state index contributed by atoms with van der Waals surface area (Å²) in [6, 6.07) is 5.55. The van der Waals surface area contributed by atoms with Crippen molar-refractivity contribution >= 4 is 11.8 Å². The number of carbonyl (C=O) groups excluding carboxylic acids is 2. The summed E-state index contributed by atoms with van der Waals surface area (Å²) in [6.45, 7) is 2.02. The highest BCUT2D eigenvalue weighted by Crippen LogP contribution is 2.45. The number of hydrogen-bond acceptors (Lipinski definition) is 6. The zero-order chi connectivity index (χ0) is 17.6. The van der Waals surface area contributed by atoms with E-state index >= 15 is 0 Å². The largest absolute Gasteiger partial charge is 0.466 e. The minimum Gasteiger partial charge on any atom is -0.466 e. The Balaban J connectivity index is 1.88. The third-order valence-electron chi connectivity index (χ3n) is 4.91. The van der Waals surface area contributed by atoms with E-state index in [2.05, 4.69) is 5.32 Å². The van der Waals surface area contributed by atoms with Crippen molar-refractivity contribution in [2.45, 2.75) is 32.1 Å². The molecule has 4 rings (SSSR count). The zero-order valence-corrected chi connectivity index (χ0v) is 14.2. The average molecular weight is 341 g/mol. The van der Waals surface area contributed by atoms with Gasteiger partial charge in [0.1, 0.15) is 0 Å². The molecule has 0 radical (unpaired) electrons. The molecule has 0 unspecified atom stereocenters. The van der Waals surface area contributed by atoms with Gasteiger partial charge in [-0.05, 0) is 37.5 Å². The molecule has 130 valence electrons. The van der Waals surface area contributed by atoms with Crippen LogP contribution in [-0.2, 0) is 14.3 Å². The molecule has 1 atom stereocenters. The van der Waals surface area contributed by atoms with Crippen LogP contribution >= 0.6 is 0 Å². The molecular formula is C19H19NO5. The second-order valence-corrected chi connectivity index (χ2v) is 6.37. The van der Waals surface area contributed by atoms with E-state index in [-0.39, 0.29) is 12.6 Å². The first-order chi connectivity index (χ1) is 12.1. The topological polar surface area (TPSA) is 73.9 Å². The molecule has 1 aliphatic carbocycles. The zero-order valence-electron chi connectivity index (χ0n) is 14.2. The Morgan fingerprint density at radius 2 is 2.04 bits per heavy atom. The van der Waals surface area contributed by atoms with Crippen LogP contribution in [0.25, 0.3) is 0 Å². The van der Waals surface area contributed by atoms with Gasteiger partial charge in [0.2, 0.25) is 6.79 Å². The molecule has 2 heterocycles. The van der Waals surface area contributed by atoms with Crippen LogP contribution in [0.4, 0.5) is 0 Å². The summed E-state index contributed by atoms with van der Waals surface area (Å²) in [5.41, 5.74) is 3.59. The quantitative estimate of drug-likeness (QED) is 0.834. The Bertz CT molecular complexity index is 836. The molecule has 0 aromatic heterocycles. The fourth-order valence-electron chi connectivity index (χ4n) is 3.79. The van der Waals surface area contributed by atoms with Gasteiger partial charge in [0.05, 0.1) is 12.7 Å². The first-order valence-electron chi connectivity index (χ1n) is 8.32. The van der Waals surface area contributed by atoms with Gasteiger partial charge in [-0.1, -0.05) is 6.07 Å². The van der Waals surface area contributed by atoms with Crippen LogP contribution in [-0.4, -0.2) is 25.7 Å². The van der Waals surface area contributed by atoms with Gasteiger partial charge >= 0.3 is 5.97 Å². The minimum absolute atomic E-state index is 0.0744. The molecule has 1 N–H and O–H groups in total. The highest BCUT2D eigenvalue weighted by molar-refractivity contribution is 6.03. The van der Waals surface area contributed by atoms with E-state index in [0.717, 1.165) is 29.8 Å². The molecule has 3 aliphatic rings. The van der Waals surface area contributed by atoms with Gasteiger partial charge in [-0.3, -0.25) is 4.79 Å². The van der Waals surface area contributed by atoms with Crippen molar-refractivity contribution in [3.8, 4) is 11.5 Å². The lowest BCUT2D eigenvalue weighted by Crippen LogP contribution is -2.34. The van der Waals surface area contributed by atoms with Crippen LogP contribution in [0, 0.1) is 0 Å². The molecule has 6 nitrogen and oxygen atoms in total. The van der Waals surface area contributed by atoms with Crippen LogP contribution in [0.1, 0.15) is 37.7 Å². The van der Waals surface area contributed by atoms with Crippen LogP contribution in [0.5, 0.6) is 11.5 Å². The molecule has 25 heavy (non-hydrogen) atoms. The summed E-state index contributed by atoms with van der Waals surface area (Å²) >= 11 is 0. The predicted octanol–water partition coefficient (Wildman–Crippen LogP) is 2.56. The SMILES string of the molecule is COC(=O)C1=C(C)NC2=C(C(=O)CCC2)[C@@H]1c1ccc2c(c1)OCO2. The highest BCUT2D eigenvalue weighted by atomic mass is 16.7. The summed E-state index contributed by atoms with van der Waals surface area (Å²) in [5.74, 6) is 0.486. The molecule has 6 heteroatoms. The lowest BCUT2D eigenvalue weighted by molar-refractivity contribution is -0.136. The van der Waals surface area contributed by atoms with Crippen LogP contribution < -0.4 is 14.8 Å². The summed E-state index contributed by atoms with van der Waals surface area (Å²) in [4.78, 5) is 25.1. The van der Waals surface area contributed by atoms with Gasteiger partial charge in [-0.25, -0.2) is 4.79 Å². The Morgan fingerprint density at radius 1 is 1.24 bits per heavy atom. The number of ketones is 1. The van der Waals surface area contributed by atoms with Crippen LogP contribution in [0.3, 0.4) is 0 Å². The first kappa shape index (κ1) is 15.7. The lowest BCUT2D eigenvalue weighted by atomic mass is 9.75. The van der Waals surface area contributed by atoms with E-state index in [9.17, 15) is 9.59 Å². The van der Waals surface area contributed by atoms with Crippen molar-refractivity contribution in [2.75, 3.05) is 13.9 Å². The number of nitrogens with one attached hydrogen (secondary N) is 1. The lowest BCUT2D eigenvalue weighted by Gasteiger charge is -2.34. The molecular weight excluding hydrogens is 322 g/mol. The van der Waals surface area contributed by atoms with Crippen molar-refractivity contribution in [2.24, 2.45) is 0 Å². The number of carbonyl (C=O) groups is 2. The summed E-state index contributed by atoms with van der Waals surface area (Å²) in [7, 11) is 1.35. The fraction of sp³-hybridized carbons (Fsp3) is 0.368. The second kappa shape index (κ2) is 5.95. The monoisotopic (exact) mass is 341 g/mol. The van der Waals surface area contributed by atoms with E-state index in [1.807, 2.05) is 25.1 Å². The minimum atomic E-state index is -0.453. The van der Waals surface area contributed by atoms with E-state index in [0.29, 0.717) is 29.1 Å². The van der Waals surface area contributed by atoms with Crippen LogP contribution in [0.2, 0.25) is 0 Å². The number of Topliss-reactive ketones (excluding diaryl/α,β-unsaturated/α-hetero) is 1. The van der Waals surface area contributed by atoms with Gasteiger partial charge in [0, 0.05) is 29.3 Å². The maximum atomic E-state index is 12.7. The number of rotatable bonds is 2. The predicted molar refractivity (Wildman–Crippen MR) is 89.0 cm³/mol. The number of benzene rings is 1. The number of hydrogen-bond donors (Lipinski definition) is 1. The van der Waals surface area contributed by atoms with Gasteiger partial charge in [0.15, 0.2) is 17.3 Å². The third kappa shape index (κ3) is 2.49. The normalized spacial score (nSPS) is 21.8. The van der Waals surface area contributed by atoms with Crippen LogP contribution in [0.15, 0.2) is 40.7 Å². The molecule has 2 aliphatic heterocycles. The smallest absolute Gasteiger partial charge is 0.336 e. The molecule has 0 amide bonds. The standard InChI is InChI=1S/C19H19NO5/c1-10-16(19(22)23-2)17(18-12(20-10)4-3-5-13(18)21)11-6-7-14-15(8-11)25-9-24-14/h6-8,17,20H,3-5,9H2,1-2H3/t17-/m1/s1. The molecule has 0 fully saturated rings. The molecule has 0 bridgehead atoms. The van der Waals surface area contributed by atoms with Gasteiger partial charge in [0.25, 0.3) is 0 Å². The maximum Gasteiger partial charge on any atom is 0.336 e. The van der Waals surface area contributed by atoms with Crippen molar-refractivity contribution in [1.82, 2.24) is 5.32 Å². The number of allylic oxidation sites excluding steroid dienone is 3. The van der Waals surface area contributed by atoms with E-state index in [4.69, 9.17) is 14.2 Å². The molecule has 0 saturated heterocycles. The third-order valence-corrected chi connectivity index (χ3v) is 4.91. The van der Waals surface area contributed by atoms with Gasteiger partial charge in [-0.2, -0.15) is 0 Å². The summed E-state index contributed by atoms with van der Waals surface area (Å²) in [5, 5.41) is 3.25. The Hall–Kier alpha value is -2.76. The molecule has 1 aromatic rings. The second-order valence-electron chi connectivity index (χ2n) is 6.37. The van der Waals surface area contributed by atoms with E-state index in [1.54, 1.807) is 0 Å². The van der Waals surface area contributed by atoms with Crippen molar-refractivity contribution < 1.29 is 23.8 Å². The molecule has 1 aromatic carbocycles. The number of methoxy groups -OCH3 is 1. The Morgan fingerprint density at radius 3 is 2.84 bits per heavy atom. The van der Waals surface area contributed by atoms with Gasteiger partial charge in [-0.15, -0.1) is 0 Å². The number of fused-ring (bicyclic) bond motifs is 1. The fourth-order valence-corrected chi connectivity index (χ4v) is 3.79. The molecule has 0 saturated carbocycles. The molecule has 0 spiro atoms. The summed E-state index contributed by atoms with van der Waals surface area (Å²) in [6.07, 6.45) is 2.11. The average Bonchev–Trinajstić information content (AvgIpc) is 3.07. The van der Waals surface area contributed by atoms with Crippen molar-refractivity contribution in [3.63, 3.8) is 0 Å². The van der Waals surface area contributed by atoms with Gasteiger partial charge < -0.3 is 19.5 Å². The first-order valence-corrected chi connectivity index (χ1v) is 8.32. The Labute approximate surface area is 145 Å². The van der Waals surface area contributed by atoms with Crippen molar-refractivity contribution in [1.29, 1.82) is 0 Å². The Kier molecular flexibility index (Phi) is 3.75. The van der Waals surface area contributed by atoms with E-state index in [1.165, 1.54) is 7.11 Å². The number of dihydropyridines is 1. The summed E-state index contributed by atoms with van der Waals surface area (Å²) < 4.78 is 15.8. The highest BCUT2D eigenvalue weighted by Gasteiger charge is 2.39. The van der Waals surface area contributed by atoms with Crippen molar-refractivity contribution in [3.05, 3.63) is 46.3 Å². The van der Waals surface area contributed by atoms with E-state index < -0.39 is 11.9 Å².